The van der Waals surface area contributed by atoms with E-state index in [4.69, 9.17) is 22.9 Å². The van der Waals surface area contributed by atoms with Gasteiger partial charge >= 0.3 is 0 Å². The molecule has 124 valence electrons. The predicted octanol–water partition coefficient (Wildman–Crippen LogP) is -0.880. The topological polar surface area (TPSA) is 188 Å². The summed E-state index contributed by atoms with van der Waals surface area (Å²) in [7, 11) is 0. The van der Waals surface area contributed by atoms with Crippen LogP contribution in [0.2, 0.25) is 0 Å². The van der Waals surface area contributed by atoms with Crippen molar-refractivity contribution in [3.05, 3.63) is 53.3 Å². The molecule has 1 aromatic heterocycles. The molecule has 0 unspecified atom stereocenters. The quantitative estimate of drug-likeness (QED) is 0.155. The van der Waals surface area contributed by atoms with Gasteiger partial charge in [-0.2, -0.15) is 0 Å². The molecule has 0 fully saturated rings. The Morgan fingerprint density at radius 2 is 1.12 bits per heavy atom. The van der Waals surface area contributed by atoms with Gasteiger partial charge < -0.3 is 22.9 Å². The third-order valence-electron chi connectivity index (χ3n) is 4.46. The van der Waals surface area contributed by atoms with Crippen LogP contribution in [-0.4, -0.2) is 4.98 Å². The molecule has 25 heavy (non-hydrogen) atoms. The fourth-order valence-electron chi connectivity index (χ4n) is 3.29. The van der Waals surface area contributed by atoms with Crippen molar-refractivity contribution in [2.45, 2.75) is 0 Å². The summed E-state index contributed by atoms with van der Waals surface area (Å²) in [6, 6.07) is 2.76. The predicted molar refractivity (Wildman–Crippen MR) is 98.4 cm³/mol. The van der Waals surface area contributed by atoms with Crippen LogP contribution in [0.3, 0.4) is 0 Å². The van der Waals surface area contributed by atoms with Gasteiger partial charge in [0.2, 0.25) is 0 Å². The van der Waals surface area contributed by atoms with E-state index in [0.717, 1.165) is 0 Å². The highest BCUT2D eigenvalue weighted by Crippen LogP contribution is 2.32. The lowest BCUT2D eigenvalue weighted by molar-refractivity contribution is 1.26. The molecule has 0 bridgehead atoms. The first-order valence-corrected chi connectivity index (χ1v) is 7.13. The summed E-state index contributed by atoms with van der Waals surface area (Å²) >= 11 is 0. The molecule has 0 atom stereocenters. The monoisotopic (exact) mass is 337 g/mol. The number of hydrogen-bond acceptors (Lipinski definition) is 8. The maximum atomic E-state index is 12.9. The number of fused-ring (bicyclic) bond motifs is 3. The molecule has 0 aliphatic heterocycles. The van der Waals surface area contributed by atoms with Crippen LogP contribution in [0.4, 0.5) is 22.7 Å². The molecule has 3 aromatic carbocycles. The van der Waals surface area contributed by atoms with E-state index in [-0.39, 0.29) is 55.1 Å². The Balaban J connectivity index is 2.54. The average molecular weight is 337 g/mol. The van der Waals surface area contributed by atoms with Crippen LogP contribution in [0.5, 0.6) is 0 Å². The van der Waals surface area contributed by atoms with Crippen LogP contribution < -0.4 is 44.9 Å². The van der Waals surface area contributed by atoms with Crippen LogP contribution in [0.1, 0.15) is 0 Å². The minimum atomic E-state index is -0.779. The molecule has 4 rings (SSSR count). The lowest BCUT2D eigenvalue weighted by atomic mass is 9.95. The summed E-state index contributed by atoms with van der Waals surface area (Å²) < 4.78 is 0. The van der Waals surface area contributed by atoms with Gasteiger partial charge in [-0.15, -0.1) is 0 Å². The zero-order chi connectivity index (χ0) is 18.2. The number of aromatic amines is 1. The normalized spacial score (nSPS) is 11.7. The number of nitrogens with two attached hydrogens (primary N) is 4. The van der Waals surface area contributed by atoms with Crippen molar-refractivity contribution in [2.75, 3.05) is 22.9 Å². The molecule has 0 aliphatic carbocycles. The Kier molecular flexibility index (Phi) is 2.56. The van der Waals surface area contributed by atoms with Gasteiger partial charge in [0.05, 0.1) is 49.7 Å². The van der Waals surface area contributed by atoms with E-state index < -0.39 is 22.0 Å². The van der Waals surface area contributed by atoms with Crippen LogP contribution >= 0.6 is 0 Å². The average Bonchev–Trinajstić information content (AvgIpc) is 2.86. The zero-order valence-corrected chi connectivity index (χ0v) is 12.6. The molecular formula is C16H11N5O4. The van der Waals surface area contributed by atoms with Crippen molar-refractivity contribution < 1.29 is 0 Å². The molecule has 0 spiro atoms. The number of anilines is 4. The van der Waals surface area contributed by atoms with Gasteiger partial charge in [-0.05, 0) is 12.1 Å². The second-order valence-electron chi connectivity index (χ2n) is 5.76. The SMILES string of the molecule is Nc1ccc2c(=O)c3c(N)c4c(=O)[nH]c(=O)c4c(N)c3c(=O)c2c1N. The summed E-state index contributed by atoms with van der Waals surface area (Å²) in [5.41, 5.74) is 20.2. The second kappa shape index (κ2) is 4.35. The van der Waals surface area contributed by atoms with Gasteiger partial charge in [0.25, 0.3) is 11.1 Å². The largest absolute Gasteiger partial charge is 0.397 e. The molecule has 0 radical (unpaired) electrons. The van der Waals surface area contributed by atoms with Crippen molar-refractivity contribution in [1.29, 1.82) is 0 Å². The number of nitrogen functional groups attached to an aromatic ring is 4. The molecule has 9 heteroatoms. The van der Waals surface area contributed by atoms with Gasteiger partial charge in [0.15, 0.2) is 10.9 Å². The molecular weight excluding hydrogens is 326 g/mol. The third kappa shape index (κ3) is 1.56. The van der Waals surface area contributed by atoms with Crippen LogP contribution in [0.15, 0.2) is 31.3 Å². The van der Waals surface area contributed by atoms with Crippen LogP contribution in [0.25, 0.3) is 32.3 Å². The molecule has 0 saturated carbocycles. The van der Waals surface area contributed by atoms with E-state index in [2.05, 4.69) is 4.98 Å². The fraction of sp³-hybridized carbons (Fsp3) is 0. The zero-order valence-electron chi connectivity index (χ0n) is 12.6. The van der Waals surface area contributed by atoms with Gasteiger partial charge in [0.1, 0.15) is 0 Å². The van der Waals surface area contributed by atoms with E-state index in [1.54, 1.807) is 0 Å². The van der Waals surface area contributed by atoms with E-state index in [9.17, 15) is 19.2 Å². The minimum Gasteiger partial charge on any atom is -0.397 e. The van der Waals surface area contributed by atoms with E-state index >= 15 is 0 Å². The summed E-state index contributed by atoms with van der Waals surface area (Å²) in [4.78, 5) is 51.8. The van der Waals surface area contributed by atoms with Crippen molar-refractivity contribution in [3.8, 4) is 0 Å². The molecule has 1 heterocycles. The minimum absolute atomic E-state index is 0.0139. The molecule has 9 nitrogen and oxygen atoms in total. The lowest BCUT2D eigenvalue weighted by Gasteiger charge is -2.10. The maximum Gasteiger partial charge on any atom is 0.261 e. The summed E-state index contributed by atoms with van der Waals surface area (Å²) in [6.45, 7) is 0. The van der Waals surface area contributed by atoms with E-state index in [1.165, 1.54) is 12.1 Å². The van der Waals surface area contributed by atoms with Crippen LogP contribution in [-0.2, 0) is 0 Å². The van der Waals surface area contributed by atoms with Gasteiger partial charge in [-0.1, -0.05) is 0 Å². The van der Waals surface area contributed by atoms with Crippen molar-refractivity contribution in [3.63, 3.8) is 0 Å². The molecule has 0 amide bonds. The summed E-state index contributed by atoms with van der Waals surface area (Å²) in [5.74, 6) is 0. The number of hydrogen-bond donors (Lipinski definition) is 5. The highest BCUT2D eigenvalue weighted by Gasteiger charge is 2.24. The Morgan fingerprint density at radius 1 is 0.600 bits per heavy atom. The van der Waals surface area contributed by atoms with E-state index in [0.29, 0.717) is 0 Å². The van der Waals surface area contributed by atoms with Crippen molar-refractivity contribution in [2.24, 2.45) is 0 Å². The number of rotatable bonds is 0. The van der Waals surface area contributed by atoms with Gasteiger partial charge in [-0.25, -0.2) is 0 Å². The Labute approximate surface area is 137 Å². The first kappa shape index (κ1) is 14.7. The van der Waals surface area contributed by atoms with E-state index in [1.807, 2.05) is 0 Å². The number of nitrogens with one attached hydrogen (secondary N) is 1. The molecule has 9 N–H and O–H groups in total. The molecule has 4 aromatic rings. The molecule has 0 saturated heterocycles. The lowest BCUT2D eigenvalue weighted by Crippen LogP contribution is -2.19. The van der Waals surface area contributed by atoms with Crippen molar-refractivity contribution in [1.82, 2.24) is 4.98 Å². The number of aromatic nitrogens is 1. The number of benzene rings is 3. The fourth-order valence-corrected chi connectivity index (χ4v) is 3.29. The van der Waals surface area contributed by atoms with Gasteiger partial charge in [0, 0.05) is 5.39 Å². The van der Waals surface area contributed by atoms with Crippen molar-refractivity contribution >= 4 is 55.1 Å². The third-order valence-corrected chi connectivity index (χ3v) is 4.46. The van der Waals surface area contributed by atoms with Crippen LogP contribution in [0, 0.1) is 0 Å². The highest BCUT2D eigenvalue weighted by atomic mass is 16.2. The maximum absolute atomic E-state index is 12.9. The standard InChI is InChI=1S/C16H11N5O4/c17-4-2-1-3-5(10(4)18)14(23)7-6(13(3)22)11(19)8-9(12(7)20)16(25)21-15(8)24/h1-2H,17-20H2,(H,21,24,25). The Bertz CT molecular complexity index is 1460. The Morgan fingerprint density at radius 3 is 1.68 bits per heavy atom. The number of H-pyrrole nitrogens is 1. The van der Waals surface area contributed by atoms with Gasteiger partial charge in [-0.3, -0.25) is 24.2 Å². The first-order chi connectivity index (χ1) is 11.8. The Hall–Kier alpha value is -3.88. The summed E-state index contributed by atoms with van der Waals surface area (Å²) in [6.07, 6.45) is 0. The summed E-state index contributed by atoms with van der Waals surface area (Å²) in [5, 5.41) is -0.936. The second-order valence-corrected chi connectivity index (χ2v) is 5.76. The first-order valence-electron chi connectivity index (χ1n) is 7.13. The molecule has 0 aliphatic rings. The highest BCUT2D eigenvalue weighted by molar-refractivity contribution is 6.21. The smallest absolute Gasteiger partial charge is 0.261 e.